The molecule has 0 aliphatic carbocycles. The van der Waals surface area contributed by atoms with Crippen LogP contribution in [0.15, 0.2) is 78.1 Å². The Morgan fingerprint density at radius 3 is 1.74 bits per heavy atom. The predicted molar refractivity (Wildman–Crippen MR) is 214 cm³/mol. The maximum atomic E-state index is 5.14. The minimum absolute atomic E-state index is 0.911. The number of unbranched alkanes of at least 4 members (excludes halogenated alkanes) is 2. The van der Waals surface area contributed by atoms with Crippen LogP contribution in [0, 0.1) is 26.7 Å². The first-order valence-electron chi connectivity index (χ1n) is 17.8. The van der Waals surface area contributed by atoms with E-state index in [-0.39, 0.29) is 0 Å². The van der Waals surface area contributed by atoms with Gasteiger partial charge in [-0.25, -0.2) is 0 Å². The Bertz CT molecular complexity index is 1130. The second-order valence-electron chi connectivity index (χ2n) is 12.0. The normalized spacial score (nSPS) is 11.9. The molecule has 0 spiro atoms. The van der Waals surface area contributed by atoms with E-state index in [0.29, 0.717) is 0 Å². The molecule has 0 atom stereocenters. The fraction of sp³-hybridized carbons (Fsp3) is 0.558. The van der Waals surface area contributed by atoms with Crippen LogP contribution in [0.5, 0.6) is 5.75 Å². The molecule has 3 rings (SSSR count). The maximum Gasteiger partial charge on any atom is 0.122 e. The Morgan fingerprint density at radius 2 is 1.38 bits per heavy atom. The van der Waals surface area contributed by atoms with Crippen molar-refractivity contribution in [2.75, 3.05) is 27.4 Å². The van der Waals surface area contributed by atoms with Crippen molar-refractivity contribution in [2.45, 2.75) is 129 Å². The number of rotatable bonds is 8. The Hall–Kier alpha value is -3.11. The van der Waals surface area contributed by atoms with Crippen molar-refractivity contribution in [2.24, 2.45) is 10.9 Å². The topological polar surface area (TPSA) is 34.1 Å². The van der Waals surface area contributed by atoms with Crippen LogP contribution in [0.2, 0.25) is 0 Å². The van der Waals surface area contributed by atoms with Gasteiger partial charge in [-0.3, -0.25) is 4.99 Å². The minimum Gasteiger partial charge on any atom is -0.496 e. The largest absolute Gasteiger partial charge is 0.496 e. The Balaban J connectivity index is -0.000000593. The summed E-state index contributed by atoms with van der Waals surface area (Å²) in [5.74, 6) is 1.88. The van der Waals surface area contributed by atoms with E-state index in [1.54, 1.807) is 7.11 Å². The third-order valence-corrected chi connectivity index (χ3v) is 7.18. The molecule has 0 N–H and O–H groups in total. The summed E-state index contributed by atoms with van der Waals surface area (Å²) in [5.41, 5.74) is 8.67. The van der Waals surface area contributed by atoms with E-state index in [1.807, 2.05) is 77.9 Å². The Labute approximate surface area is 293 Å². The van der Waals surface area contributed by atoms with Gasteiger partial charge < -0.3 is 14.4 Å². The lowest BCUT2D eigenvalue weighted by Crippen LogP contribution is -2.16. The van der Waals surface area contributed by atoms with Gasteiger partial charge in [-0.15, -0.1) is 0 Å². The van der Waals surface area contributed by atoms with Gasteiger partial charge in [0.2, 0.25) is 0 Å². The smallest absolute Gasteiger partial charge is 0.122 e. The molecule has 0 saturated carbocycles. The summed E-state index contributed by atoms with van der Waals surface area (Å²) in [6, 6.07) is 14.4. The summed E-state index contributed by atoms with van der Waals surface area (Å²) in [7, 11) is 3.69. The monoisotopic (exact) mass is 651 g/mol. The van der Waals surface area contributed by atoms with Gasteiger partial charge in [0.05, 0.1) is 19.0 Å². The highest BCUT2D eigenvalue weighted by Gasteiger charge is 2.12. The summed E-state index contributed by atoms with van der Waals surface area (Å²) in [6.45, 7) is 37.3. The van der Waals surface area contributed by atoms with E-state index >= 15 is 0 Å². The van der Waals surface area contributed by atoms with E-state index in [0.717, 1.165) is 53.1 Å². The number of benzene rings is 2. The van der Waals surface area contributed by atoms with Crippen LogP contribution < -0.4 is 4.74 Å². The third kappa shape index (κ3) is 24.7. The molecule has 0 unspecified atom stereocenters. The highest BCUT2D eigenvalue weighted by Crippen LogP contribution is 2.25. The van der Waals surface area contributed by atoms with E-state index in [4.69, 9.17) is 9.47 Å². The standard InChI is InChI=1S/C18H24N2.C9H12O.C6H12O.2C4H10.C2H6/c1-13(2)18(12-19-14(3)4)20(7)16(6)17-11-9-8-10-15(17)5;1-7-4-5-8(2)9(6-7)10-3;1-6-2-4-7-5-3-6;2*1-3-4-2;1-2/h8-12H,1,6H2,2-5,7H3;4-6H,1-3H3;6H,2-5H2,1H3;2*3-4H2,1-2H3;1-2H3/b18-12+;;;;;. The molecule has 47 heavy (non-hydrogen) atoms. The van der Waals surface area contributed by atoms with Crippen LogP contribution in [0.25, 0.3) is 5.70 Å². The van der Waals surface area contributed by atoms with Gasteiger partial charge in [0.15, 0.2) is 0 Å². The van der Waals surface area contributed by atoms with Gasteiger partial charge in [-0.1, -0.05) is 124 Å². The molecule has 1 heterocycles. The number of hydrogen-bond donors (Lipinski definition) is 0. The van der Waals surface area contributed by atoms with E-state index in [9.17, 15) is 0 Å². The van der Waals surface area contributed by atoms with E-state index < -0.39 is 0 Å². The summed E-state index contributed by atoms with van der Waals surface area (Å²) >= 11 is 0. The molecule has 0 aromatic heterocycles. The lowest BCUT2D eigenvalue weighted by atomic mass is 10.0. The van der Waals surface area contributed by atoms with Crippen molar-refractivity contribution in [3.63, 3.8) is 0 Å². The predicted octanol–water partition coefficient (Wildman–Crippen LogP) is 13.2. The molecule has 2 aromatic carbocycles. The zero-order valence-electron chi connectivity index (χ0n) is 33.5. The summed E-state index contributed by atoms with van der Waals surface area (Å²) < 4.78 is 10.3. The third-order valence-electron chi connectivity index (χ3n) is 7.18. The fourth-order valence-electron chi connectivity index (χ4n) is 3.64. The van der Waals surface area contributed by atoms with Crippen LogP contribution in [0.4, 0.5) is 0 Å². The van der Waals surface area contributed by atoms with Crippen LogP contribution in [0.1, 0.15) is 130 Å². The minimum atomic E-state index is 0.911. The number of methoxy groups -OCH3 is 1. The molecule has 2 aromatic rings. The average Bonchev–Trinajstić information content (AvgIpc) is 3.07. The first kappa shape index (κ1) is 48.3. The second kappa shape index (κ2) is 31.5. The average molecular weight is 651 g/mol. The highest BCUT2D eigenvalue weighted by atomic mass is 16.5. The van der Waals surface area contributed by atoms with Gasteiger partial charge in [0, 0.05) is 37.2 Å². The van der Waals surface area contributed by atoms with Crippen LogP contribution in [-0.2, 0) is 4.74 Å². The van der Waals surface area contributed by atoms with E-state index in [2.05, 4.69) is 90.9 Å². The number of ether oxygens (including phenoxy) is 2. The fourth-order valence-corrected chi connectivity index (χ4v) is 3.64. The first-order valence-corrected chi connectivity index (χ1v) is 17.8. The molecule has 0 bridgehead atoms. The van der Waals surface area contributed by atoms with Gasteiger partial charge in [-0.05, 0) is 88.6 Å². The molecule has 1 aliphatic heterocycles. The first-order chi connectivity index (χ1) is 22.3. The molecule has 4 heteroatoms. The van der Waals surface area contributed by atoms with Crippen molar-refractivity contribution in [3.05, 3.63) is 95.3 Å². The zero-order chi connectivity index (χ0) is 36.8. The lowest BCUT2D eigenvalue weighted by Gasteiger charge is -2.25. The Morgan fingerprint density at radius 1 is 0.872 bits per heavy atom. The molecule has 1 fully saturated rings. The van der Waals surface area contributed by atoms with Gasteiger partial charge >= 0.3 is 0 Å². The van der Waals surface area contributed by atoms with Crippen LogP contribution >= 0.6 is 0 Å². The van der Waals surface area contributed by atoms with Crippen LogP contribution in [-0.4, -0.2) is 38.0 Å². The molecule has 1 saturated heterocycles. The highest BCUT2D eigenvalue weighted by molar-refractivity contribution is 5.79. The van der Waals surface area contributed by atoms with Gasteiger partial charge in [0.1, 0.15) is 5.75 Å². The molecule has 4 nitrogen and oxygen atoms in total. The van der Waals surface area contributed by atoms with Crippen molar-refractivity contribution in [1.82, 2.24) is 4.90 Å². The molecular weight excluding hydrogens is 576 g/mol. The number of hydrogen-bond acceptors (Lipinski definition) is 4. The lowest BCUT2D eigenvalue weighted by molar-refractivity contribution is 0.0716. The second-order valence-corrected chi connectivity index (χ2v) is 12.0. The molecule has 1 aliphatic rings. The molecule has 268 valence electrons. The number of allylic oxidation sites excluding steroid dienone is 1. The number of aliphatic imine (C=N–C) groups is 1. The van der Waals surface area contributed by atoms with Crippen LogP contribution in [0.3, 0.4) is 0 Å². The number of likely N-dealkylation sites (N-methyl/N-ethyl adjacent to an activating group) is 1. The molecule has 0 radical (unpaired) electrons. The number of aryl methyl sites for hydroxylation is 3. The molecule has 0 amide bonds. The Kier molecular flexibility index (Phi) is 32.4. The number of nitrogens with zero attached hydrogens (tertiary/aromatic N) is 2. The summed E-state index contributed by atoms with van der Waals surface area (Å²) in [4.78, 5) is 6.42. The summed E-state index contributed by atoms with van der Waals surface area (Å²) in [5, 5.41) is 0. The van der Waals surface area contributed by atoms with E-state index in [1.165, 1.54) is 55.2 Å². The van der Waals surface area contributed by atoms with Gasteiger partial charge in [0.25, 0.3) is 0 Å². The van der Waals surface area contributed by atoms with Crippen molar-refractivity contribution < 1.29 is 9.47 Å². The summed E-state index contributed by atoms with van der Waals surface area (Å²) in [6.07, 6.45) is 9.65. The molecular formula is C43H74N2O2. The zero-order valence-corrected chi connectivity index (χ0v) is 33.5. The van der Waals surface area contributed by atoms with Crippen molar-refractivity contribution in [3.8, 4) is 5.75 Å². The van der Waals surface area contributed by atoms with Gasteiger partial charge in [-0.2, -0.15) is 0 Å². The maximum absolute atomic E-state index is 5.14. The van der Waals surface area contributed by atoms with Crippen molar-refractivity contribution in [1.29, 1.82) is 0 Å². The quantitative estimate of drug-likeness (QED) is 0.211. The van der Waals surface area contributed by atoms with Crippen molar-refractivity contribution >= 4 is 11.4 Å². The SMILES string of the molecule is C=C(C)/C(=C\N=C(C)C)N(C)C(=C)c1ccccc1C.CC.CC1CCOCC1.CCCC.CCCC.COc1cc(C)ccc1C.